The van der Waals surface area contributed by atoms with Crippen molar-refractivity contribution < 1.29 is 29.0 Å². The maximum absolute atomic E-state index is 14.1. The van der Waals surface area contributed by atoms with Gasteiger partial charge in [-0.3, -0.25) is 14.4 Å². The number of halogens is 1. The summed E-state index contributed by atoms with van der Waals surface area (Å²) in [4.78, 5) is 54.2. The van der Waals surface area contributed by atoms with Gasteiger partial charge in [0.15, 0.2) is 0 Å². The molecule has 0 bridgehead atoms. The van der Waals surface area contributed by atoms with Gasteiger partial charge in [0.05, 0.1) is 53.1 Å². The molecule has 274 valence electrons. The number of H-pyrrole nitrogens is 1. The molecule has 1 aliphatic rings. The standard InChI is InChI=1S/C38H43IN6O6S/c1-37(2,12-14-39)50-19-13-38(3,4)51-29-22-43-32(35-44-28(23-52-35)34(48)41-15-18-46)31-30(29)27(21-42-31)33(47)36(49)45-16-10-25(11-17-45)26(20-40)24-8-6-5-7-9-24/h5-9,21-23,42,46H,10-19H2,1-4H3,(H,41,48). The SMILES string of the molecule is CC(C)(CCI)OCCC(C)(C)Oc1cnc(-c2nc(C(=O)NCCO)cs2)c2[nH]cc(C(=O)C(=O)N3CCC(=C(C#N)c4ccccc4)CC3)c12. The molecule has 0 unspecified atom stereocenters. The fraction of sp³-hybridized carbons (Fsp3) is 0.421. The maximum atomic E-state index is 14.1. The zero-order chi connectivity index (χ0) is 37.5. The molecule has 1 saturated heterocycles. The molecule has 14 heteroatoms. The average molecular weight is 839 g/mol. The quantitative estimate of drug-likeness (QED) is 0.0406. The Labute approximate surface area is 320 Å². The normalized spacial score (nSPS) is 13.6. The number of ether oxygens (including phenoxy) is 2. The van der Waals surface area contributed by atoms with Crippen molar-refractivity contribution in [2.75, 3.05) is 37.3 Å². The average Bonchev–Trinajstić information content (AvgIpc) is 3.80. The Balaban J connectivity index is 1.44. The van der Waals surface area contributed by atoms with Crippen LogP contribution >= 0.6 is 33.9 Å². The molecule has 4 aromatic rings. The Morgan fingerprint density at radius 3 is 2.52 bits per heavy atom. The minimum atomic E-state index is -0.732. The number of piperidine rings is 1. The summed E-state index contributed by atoms with van der Waals surface area (Å²) in [6.07, 6.45) is 5.43. The smallest absolute Gasteiger partial charge is 0.295 e. The number of aliphatic hydroxyl groups is 1. The predicted octanol–water partition coefficient (Wildman–Crippen LogP) is 6.36. The van der Waals surface area contributed by atoms with Crippen LogP contribution in [0, 0.1) is 11.3 Å². The van der Waals surface area contributed by atoms with Gasteiger partial charge in [-0.1, -0.05) is 52.9 Å². The van der Waals surface area contributed by atoms with Crippen molar-refractivity contribution in [3.05, 3.63) is 70.5 Å². The number of aromatic nitrogens is 3. The second-order valence-electron chi connectivity index (χ2n) is 13.7. The number of fused-ring (bicyclic) bond motifs is 1. The van der Waals surface area contributed by atoms with Gasteiger partial charge >= 0.3 is 0 Å². The summed E-state index contributed by atoms with van der Waals surface area (Å²) in [5.74, 6) is -1.47. The molecule has 4 heterocycles. The van der Waals surface area contributed by atoms with E-state index in [2.05, 4.69) is 62.8 Å². The molecule has 0 aliphatic carbocycles. The van der Waals surface area contributed by atoms with E-state index in [1.165, 1.54) is 28.6 Å². The van der Waals surface area contributed by atoms with E-state index in [4.69, 9.17) is 14.6 Å². The number of amides is 2. The first-order valence-electron chi connectivity index (χ1n) is 17.1. The monoisotopic (exact) mass is 838 g/mol. The van der Waals surface area contributed by atoms with Crippen LogP contribution in [0.2, 0.25) is 0 Å². The van der Waals surface area contributed by atoms with Crippen LogP contribution < -0.4 is 10.1 Å². The fourth-order valence-corrected chi connectivity index (χ4v) is 8.05. The van der Waals surface area contributed by atoms with E-state index in [0.717, 1.165) is 22.0 Å². The Hall–Kier alpha value is -4.17. The number of carbonyl (C=O) groups excluding carboxylic acids is 3. The highest BCUT2D eigenvalue weighted by molar-refractivity contribution is 14.1. The Bertz CT molecular complexity index is 1990. The molecule has 52 heavy (non-hydrogen) atoms. The molecule has 3 aromatic heterocycles. The third kappa shape index (κ3) is 9.24. The highest BCUT2D eigenvalue weighted by Crippen LogP contribution is 2.38. The van der Waals surface area contributed by atoms with Crippen molar-refractivity contribution in [3.8, 4) is 22.5 Å². The van der Waals surface area contributed by atoms with Crippen molar-refractivity contribution >= 4 is 68.0 Å². The van der Waals surface area contributed by atoms with E-state index >= 15 is 0 Å². The number of aromatic amines is 1. The highest BCUT2D eigenvalue weighted by atomic mass is 127. The number of aliphatic hydroxyl groups excluding tert-OH is 1. The second kappa shape index (κ2) is 17.1. The van der Waals surface area contributed by atoms with Gasteiger partial charge in [0.2, 0.25) is 0 Å². The van der Waals surface area contributed by atoms with E-state index in [1.807, 2.05) is 44.2 Å². The number of nitriles is 1. The topological polar surface area (TPSA) is 171 Å². The number of likely N-dealkylation sites (tertiary alicyclic amines) is 1. The van der Waals surface area contributed by atoms with Crippen LogP contribution in [0.5, 0.6) is 5.75 Å². The fourth-order valence-electron chi connectivity index (χ4n) is 5.95. The van der Waals surface area contributed by atoms with E-state index in [0.29, 0.717) is 71.9 Å². The van der Waals surface area contributed by atoms with Crippen molar-refractivity contribution in [2.45, 2.75) is 64.6 Å². The van der Waals surface area contributed by atoms with Gasteiger partial charge in [-0.15, -0.1) is 11.3 Å². The molecule has 2 amide bonds. The summed E-state index contributed by atoms with van der Waals surface area (Å²) >= 11 is 3.54. The molecule has 5 rings (SSSR count). The number of ketones is 1. The van der Waals surface area contributed by atoms with E-state index in [1.54, 1.807) is 5.38 Å². The molecule has 12 nitrogen and oxygen atoms in total. The molecule has 3 N–H and O–H groups in total. The third-order valence-electron chi connectivity index (χ3n) is 8.91. The first-order chi connectivity index (χ1) is 24.9. The number of rotatable bonds is 15. The van der Waals surface area contributed by atoms with Crippen LogP contribution in [0.25, 0.3) is 27.2 Å². The van der Waals surface area contributed by atoms with Crippen LogP contribution in [0.4, 0.5) is 0 Å². The summed E-state index contributed by atoms with van der Waals surface area (Å²) in [6.45, 7) is 8.94. The molecule has 1 aromatic carbocycles. The van der Waals surface area contributed by atoms with Crippen molar-refractivity contribution in [2.24, 2.45) is 0 Å². The van der Waals surface area contributed by atoms with Gasteiger partial charge < -0.3 is 29.8 Å². The lowest BCUT2D eigenvalue weighted by Gasteiger charge is -2.30. The van der Waals surface area contributed by atoms with Crippen molar-refractivity contribution in [3.63, 3.8) is 0 Å². The number of allylic oxidation sites excluding steroid dienone is 1. The first-order valence-corrected chi connectivity index (χ1v) is 19.5. The molecule has 0 radical (unpaired) electrons. The number of thiazole rings is 1. The molecular weight excluding hydrogens is 795 g/mol. The van der Waals surface area contributed by atoms with Crippen molar-refractivity contribution in [1.29, 1.82) is 5.26 Å². The summed E-state index contributed by atoms with van der Waals surface area (Å²) in [7, 11) is 0. The first kappa shape index (κ1) is 39.0. The molecule has 0 atom stereocenters. The lowest BCUT2D eigenvalue weighted by molar-refractivity contribution is -0.126. The Kier molecular flexibility index (Phi) is 12.8. The third-order valence-corrected chi connectivity index (χ3v) is 10.3. The summed E-state index contributed by atoms with van der Waals surface area (Å²) in [5.41, 5.74) is 2.51. The second-order valence-corrected chi connectivity index (χ2v) is 15.6. The number of carbonyl (C=O) groups is 3. The number of hydrogen-bond acceptors (Lipinski definition) is 10. The summed E-state index contributed by atoms with van der Waals surface area (Å²) in [6, 6.07) is 11.8. The van der Waals surface area contributed by atoms with E-state index < -0.39 is 23.2 Å². The zero-order valence-electron chi connectivity index (χ0n) is 29.8. The molecule has 0 spiro atoms. The van der Waals surface area contributed by atoms with Crippen LogP contribution in [0.15, 0.2) is 53.7 Å². The van der Waals surface area contributed by atoms with Gasteiger partial charge in [-0.05, 0) is 58.1 Å². The van der Waals surface area contributed by atoms with Crippen LogP contribution in [-0.2, 0) is 9.53 Å². The number of nitrogens with one attached hydrogen (secondary N) is 2. The van der Waals surface area contributed by atoms with Crippen molar-refractivity contribution in [1.82, 2.24) is 25.2 Å². The molecule has 1 fully saturated rings. The highest BCUT2D eigenvalue weighted by Gasteiger charge is 2.32. The molecule has 1 aliphatic heterocycles. The summed E-state index contributed by atoms with van der Waals surface area (Å²) < 4.78 is 13.7. The number of nitrogens with zero attached hydrogens (tertiary/aromatic N) is 4. The maximum Gasteiger partial charge on any atom is 0.295 e. The Morgan fingerprint density at radius 1 is 1.12 bits per heavy atom. The van der Waals surface area contributed by atoms with Gasteiger partial charge in [-0.2, -0.15) is 5.26 Å². The van der Waals surface area contributed by atoms with Gasteiger partial charge in [0.25, 0.3) is 17.6 Å². The predicted molar refractivity (Wildman–Crippen MR) is 209 cm³/mol. The molecule has 0 saturated carbocycles. The number of benzene rings is 1. The zero-order valence-corrected chi connectivity index (χ0v) is 32.7. The van der Waals surface area contributed by atoms with Gasteiger partial charge in [0, 0.05) is 42.1 Å². The van der Waals surface area contributed by atoms with E-state index in [9.17, 15) is 19.6 Å². The Morgan fingerprint density at radius 2 is 1.85 bits per heavy atom. The minimum absolute atomic E-state index is 0.0913. The lowest BCUT2D eigenvalue weighted by atomic mass is 9.93. The number of pyridine rings is 1. The largest absolute Gasteiger partial charge is 0.485 e. The van der Waals surface area contributed by atoms with Crippen LogP contribution in [0.1, 0.15) is 79.8 Å². The number of alkyl halides is 1. The van der Waals surface area contributed by atoms with Gasteiger partial charge in [-0.25, -0.2) is 9.97 Å². The van der Waals surface area contributed by atoms with E-state index in [-0.39, 0.29) is 30.0 Å². The number of hydrogen-bond donors (Lipinski definition) is 3. The summed E-state index contributed by atoms with van der Waals surface area (Å²) in [5, 5.41) is 24.0. The van der Waals surface area contributed by atoms with Crippen LogP contribution in [0.3, 0.4) is 0 Å². The number of Topliss-reactive ketones (excluding diaryl/α,β-unsaturated/α-hetero) is 1. The van der Waals surface area contributed by atoms with Crippen LogP contribution in [-0.4, -0.2) is 91.0 Å². The molecular formula is C38H43IN6O6S. The minimum Gasteiger partial charge on any atom is -0.485 e. The van der Waals surface area contributed by atoms with Gasteiger partial charge in [0.1, 0.15) is 27.7 Å². The lowest BCUT2D eigenvalue weighted by Crippen LogP contribution is -2.40.